The quantitative estimate of drug-likeness (QED) is 0.470. The van der Waals surface area contributed by atoms with Gasteiger partial charge in [-0.3, -0.25) is 19.3 Å². The van der Waals surface area contributed by atoms with Gasteiger partial charge in [-0.2, -0.15) is 5.26 Å². The molecule has 2 heterocycles. The summed E-state index contributed by atoms with van der Waals surface area (Å²) in [6, 6.07) is 21.6. The highest BCUT2D eigenvalue weighted by atomic mass is 35.5. The summed E-state index contributed by atoms with van der Waals surface area (Å²) >= 11 is 5.79. The first kappa shape index (κ1) is 19.4. The maximum Gasteiger partial charge on any atom is 0.284 e. The largest absolute Gasteiger partial charge is 0.284 e. The molecule has 0 atom stereocenters. The minimum absolute atomic E-state index is 0.103. The summed E-state index contributed by atoms with van der Waals surface area (Å²) in [4.78, 5) is 29.5. The van der Waals surface area contributed by atoms with Crippen molar-refractivity contribution >= 4 is 16.8 Å². The summed E-state index contributed by atoms with van der Waals surface area (Å²) in [5, 5.41) is 8.17. The first-order valence-corrected chi connectivity index (χ1v) is 9.43. The number of carbonyl (C=O) groups excluding carboxylic acids is 1. The van der Waals surface area contributed by atoms with Crippen molar-refractivity contribution in [2.75, 3.05) is 0 Å². The van der Waals surface area contributed by atoms with Crippen molar-refractivity contribution in [1.29, 1.82) is 5.26 Å². The molecule has 0 saturated carbocycles. The van der Waals surface area contributed by atoms with Gasteiger partial charge in [-0.15, -0.1) is 0 Å². The number of nitriles is 1. The molecule has 0 aliphatic carbocycles. The first-order valence-electron chi connectivity index (χ1n) is 9.05. The molecule has 4 rings (SSSR count). The Balaban J connectivity index is 1.86. The highest BCUT2D eigenvalue weighted by Gasteiger charge is 2.24. The van der Waals surface area contributed by atoms with Crippen molar-refractivity contribution in [1.82, 2.24) is 14.3 Å². The van der Waals surface area contributed by atoms with Crippen LogP contribution in [0.3, 0.4) is 0 Å². The van der Waals surface area contributed by atoms with E-state index in [0.717, 1.165) is 11.3 Å². The van der Waals surface area contributed by atoms with Gasteiger partial charge in [-0.1, -0.05) is 30.3 Å². The van der Waals surface area contributed by atoms with Gasteiger partial charge in [0.1, 0.15) is 5.56 Å². The van der Waals surface area contributed by atoms with Gasteiger partial charge >= 0.3 is 0 Å². The van der Waals surface area contributed by atoms with Crippen molar-refractivity contribution < 1.29 is 4.79 Å². The lowest BCUT2D eigenvalue weighted by molar-refractivity contribution is 0.108. The zero-order valence-electron chi connectivity index (χ0n) is 15.9. The molecule has 0 aliphatic rings. The minimum Gasteiger partial charge on any atom is -0.280 e. The van der Waals surface area contributed by atoms with Gasteiger partial charge in [0.15, 0.2) is 0 Å². The highest BCUT2D eigenvalue weighted by Crippen LogP contribution is 2.27. The SMILES string of the molecule is Cn1c(-c2ccc(-c3ccccn3)cc2)c(C(=O)Cl)c(=O)n1-c1ccc(C#N)cc1. The van der Waals surface area contributed by atoms with E-state index in [1.165, 1.54) is 4.68 Å². The third-order valence-corrected chi connectivity index (χ3v) is 5.01. The Morgan fingerprint density at radius 2 is 1.67 bits per heavy atom. The number of pyridine rings is 1. The van der Waals surface area contributed by atoms with Crippen LogP contribution in [-0.2, 0) is 7.05 Å². The molecule has 0 N–H and O–H groups in total. The third-order valence-electron chi connectivity index (χ3n) is 4.82. The third kappa shape index (κ3) is 3.32. The van der Waals surface area contributed by atoms with Crippen LogP contribution in [0.2, 0.25) is 0 Å². The lowest BCUT2D eigenvalue weighted by Crippen LogP contribution is -2.21. The number of carbonyl (C=O) groups is 1. The van der Waals surface area contributed by atoms with Crippen molar-refractivity contribution in [3.63, 3.8) is 0 Å². The second-order valence-electron chi connectivity index (χ2n) is 6.59. The maximum absolute atomic E-state index is 13.0. The predicted octanol–water partition coefficient (Wildman–Crippen LogP) is 4.16. The summed E-state index contributed by atoms with van der Waals surface area (Å²) in [7, 11) is 1.69. The van der Waals surface area contributed by atoms with Crippen molar-refractivity contribution in [2.24, 2.45) is 7.05 Å². The van der Waals surface area contributed by atoms with Gasteiger partial charge < -0.3 is 0 Å². The molecule has 0 fully saturated rings. The van der Waals surface area contributed by atoms with Crippen LogP contribution in [0.5, 0.6) is 0 Å². The lowest BCUT2D eigenvalue weighted by Gasteiger charge is -2.11. The van der Waals surface area contributed by atoms with Gasteiger partial charge in [0.25, 0.3) is 10.8 Å². The van der Waals surface area contributed by atoms with E-state index in [9.17, 15) is 9.59 Å². The molecule has 0 unspecified atom stereocenters. The van der Waals surface area contributed by atoms with Crippen LogP contribution in [0.25, 0.3) is 28.2 Å². The number of aromatic nitrogens is 3. The van der Waals surface area contributed by atoms with Crippen LogP contribution in [0.4, 0.5) is 0 Å². The molecule has 2 aromatic carbocycles. The second-order valence-corrected chi connectivity index (χ2v) is 6.93. The van der Waals surface area contributed by atoms with Gasteiger partial charge in [-0.05, 0) is 48.0 Å². The fourth-order valence-electron chi connectivity index (χ4n) is 3.41. The van der Waals surface area contributed by atoms with Crippen LogP contribution < -0.4 is 5.56 Å². The molecule has 0 radical (unpaired) electrons. The molecular formula is C23H15ClN4O2. The van der Waals surface area contributed by atoms with Gasteiger partial charge in [0.05, 0.1) is 28.7 Å². The lowest BCUT2D eigenvalue weighted by atomic mass is 10.0. The summed E-state index contributed by atoms with van der Waals surface area (Å²) in [6.45, 7) is 0. The molecule has 0 amide bonds. The second kappa shape index (κ2) is 7.82. The van der Waals surface area contributed by atoms with Crippen molar-refractivity contribution in [2.45, 2.75) is 0 Å². The molecule has 0 aliphatic heterocycles. The summed E-state index contributed by atoms with van der Waals surface area (Å²) in [6.07, 6.45) is 1.72. The predicted molar refractivity (Wildman–Crippen MR) is 115 cm³/mol. The van der Waals surface area contributed by atoms with Crippen molar-refractivity contribution in [3.8, 4) is 34.3 Å². The van der Waals surface area contributed by atoms with E-state index in [2.05, 4.69) is 4.98 Å². The normalized spacial score (nSPS) is 10.6. The smallest absolute Gasteiger partial charge is 0.280 e. The molecule has 30 heavy (non-hydrogen) atoms. The summed E-state index contributed by atoms with van der Waals surface area (Å²) in [5.74, 6) is 0. The van der Waals surface area contributed by atoms with E-state index in [0.29, 0.717) is 22.5 Å². The molecular weight excluding hydrogens is 400 g/mol. The molecule has 0 spiro atoms. The average Bonchev–Trinajstić information content (AvgIpc) is 3.05. The van der Waals surface area contributed by atoms with E-state index >= 15 is 0 Å². The summed E-state index contributed by atoms with van der Waals surface area (Å²) in [5.41, 5.74) is 3.19. The standard InChI is InChI=1S/C23H15ClN4O2/c1-27-21(17-9-7-16(8-10-17)19-4-2-3-13-26-19)20(22(24)29)23(30)28(27)18-11-5-15(14-25)6-12-18/h2-13H,1H3. The van der Waals surface area contributed by atoms with Crippen molar-refractivity contribution in [3.05, 3.63) is 94.4 Å². The Morgan fingerprint density at radius 1 is 1.00 bits per heavy atom. The number of nitrogens with zero attached hydrogens (tertiary/aromatic N) is 4. The van der Waals surface area contributed by atoms with Crippen LogP contribution in [0, 0.1) is 11.3 Å². The van der Waals surface area contributed by atoms with E-state index in [1.807, 2.05) is 48.5 Å². The number of benzene rings is 2. The van der Waals surface area contributed by atoms with Crippen LogP contribution in [-0.4, -0.2) is 19.6 Å². The van der Waals surface area contributed by atoms with Crippen LogP contribution in [0.15, 0.2) is 77.7 Å². The monoisotopic (exact) mass is 414 g/mol. The topological polar surface area (TPSA) is 80.7 Å². The highest BCUT2D eigenvalue weighted by molar-refractivity contribution is 6.68. The zero-order chi connectivity index (χ0) is 21.3. The molecule has 146 valence electrons. The molecule has 6 nitrogen and oxygen atoms in total. The van der Waals surface area contributed by atoms with Gasteiger partial charge in [0.2, 0.25) is 0 Å². The van der Waals surface area contributed by atoms with E-state index < -0.39 is 10.8 Å². The Labute approximate surface area is 177 Å². The Bertz CT molecular complexity index is 1330. The Kier molecular flexibility index (Phi) is 5.05. The van der Waals surface area contributed by atoms with Gasteiger partial charge in [0, 0.05) is 24.4 Å². The Hall–Kier alpha value is -3.95. The minimum atomic E-state index is -0.827. The first-order chi connectivity index (χ1) is 14.5. The number of hydrogen-bond donors (Lipinski definition) is 0. The Morgan fingerprint density at radius 3 is 2.23 bits per heavy atom. The zero-order valence-corrected chi connectivity index (χ0v) is 16.7. The molecule has 2 aromatic heterocycles. The fourth-order valence-corrected chi connectivity index (χ4v) is 3.58. The summed E-state index contributed by atoms with van der Waals surface area (Å²) < 4.78 is 2.95. The molecule has 7 heteroatoms. The molecule has 0 saturated heterocycles. The fraction of sp³-hybridized carbons (Fsp3) is 0.0435. The van der Waals surface area contributed by atoms with Crippen LogP contribution >= 0.6 is 11.6 Å². The van der Waals surface area contributed by atoms with Gasteiger partial charge in [-0.25, -0.2) is 4.68 Å². The maximum atomic E-state index is 13.0. The van der Waals surface area contributed by atoms with E-state index in [1.54, 1.807) is 42.2 Å². The molecule has 4 aromatic rings. The van der Waals surface area contributed by atoms with E-state index in [-0.39, 0.29) is 5.56 Å². The van der Waals surface area contributed by atoms with E-state index in [4.69, 9.17) is 16.9 Å². The number of rotatable bonds is 4. The van der Waals surface area contributed by atoms with Crippen LogP contribution in [0.1, 0.15) is 15.9 Å². The number of hydrogen-bond acceptors (Lipinski definition) is 4. The number of halogens is 1. The molecule has 0 bridgehead atoms. The average molecular weight is 415 g/mol.